The largest absolute Gasteiger partial charge is 1.00 e. The number of phosphoric acid groups is 1. The van der Waals surface area contributed by atoms with Gasteiger partial charge in [-0.05, 0) is 0 Å². The number of aliphatic hydroxyl groups is 2. The maximum absolute atomic E-state index is 13.2. The van der Waals surface area contributed by atoms with Crippen LogP contribution in [0.2, 0.25) is 0 Å². The van der Waals surface area contributed by atoms with E-state index < -0.39 is 56.0 Å². The molecular weight excluding hydrogens is 337 g/mol. The molecular formula is C9H12FLiN2O9P+. The van der Waals surface area contributed by atoms with Crippen molar-refractivity contribution in [3.63, 3.8) is 0 Å². The van der Waals surface area contributed by atoms with Gasteiger partial charge >= 0.3 is 32.4 Å². The number of hydrogen-bond acceptors (Lipinski definition) is 7. The number of H-pyrrole nitrogens is 1. The molecule has 0 aromatic carbocycles. The van der Waals surface area contributed by atoms with E-state index in [4.69, 9.17) is 14.5 Å². The zero-order valence-electron chi connectivity index (χ0n) is 11.7. The number of aromatic nitrogens is 2. The topological polar surface area (TPSA) is 171 Å². The molecule has 5 N–H and O–H groups in total. The van der Waals surface area contributed by atoms with Crippen molar-refractivity contribution in [2.45, 2.75) is 24.5 Å². The number of rotatable bonds is 4. The number of halogens is 1. The van der Waals surface area contributed by atoms with Gasteiger partial charge in [0.15, 0.2) is 6.23 Å². The predicted molar refractivity (Wildman–Crippen MR) is 65.2 cm³/mol. The van der Waals surface area contributed by atoms with Crippen LogP contribution in [-0.4, -0.2) is 54.5 Å². The first kappa shape index (κ1) is 20.2. The zero-order chi connectivity index (χ0) is 16.7. The van der Waals surface area contributed by atoms with Crippen LogP contribution in [0.25, 0.3) is 0 Å². The molecule has 1 aromatic rings. The van der Waals surface area contributed by atoms with E-state index in [2.05, 4.69) is 4.52 Å². The molecule has 2 heterocycles. The SMILES string of the molecule is O=c1[nH]c(=O)n(C2OC(COP(=O)(O)O)C(O)C2O)cc1F.[Li+]. The second-order valence-electron chi connectivity index (χ2n) is 4.48. The van der Waals surface area contributed by atoms with Gasteiger partial charge in [-0.2, -0.15) is 4.39 Å². The molecule has 1 aromatic heterocycles. The molecule has 124 valence electrons. The first-order chi connectivity index (χ1) is 10.1. The Balaban J connectivity index is 0.00000264. The Kier molecular flexibility index (Phi) is 6.51. The van der Waals surface area contributed by atoms with E-state index in [0.717, 1.165) is 0 Å². The van der Waals surface area contributed by atoms with Gasteiger partial charge in [-0.1, -0.05) is 0 Å². The summed E-state index contributed by atoms with van der Waals surface area (Å²) in [4.78, 5) is 41.3. The van der Waals surface area contributed by atoms with Gasteiger partial charge in [0.25, 0.3) is 5.56 Å². The molecule has 1 aliphatic rings. The Morgan fingerprint density at radius 3 is 2.52 bits per heavy atom. The monoisotopic (exact) mass is 349 g/mol. The van der Waals surface area contributed by atoms with Crippen molar-refractivity contribution < 1.29 is 57.1 Å². The van der Waals surface area contributed by atoms with Gasteiger partial charge in [-0.3, -0.25) is 18.9 Å². The van der Waals surface area contributed by atoms with Gasteiger partial charge in [0.2, 0.25) is 5.82 Å². The third-order valence-electron chi connectivity index (χ3n) is 2.94. The molecule has 0 saturated carbocycles. The molecule has 14 heteroatoms. The number of hydrogen-bond donors (Lipinski definition) is 5. The molecule has 1 fully saturated rings. The molecule has 0 amide bonds. The van der Waals surface area contributed by atoms with Gasteiger partial charge in [0.1, 0.15) is 18.3 Å². The van der Waals surface area contributed by atoms with Gasteiger partial charge in [0, 0.05) is 0 Å². The van der Waals surface area contributed by atoms with E-state index in [1.165, 1.54) is 0 Å². The van der Waals surface area contributed by atoms with Crippen molar-refractivity contribution in [3.8, 4) is 0 Å². The third-order valence-corrected chi connectivity index (χ3v) is 3.43. The van der Waals surface area contributed by atoms with Crippen molar-refractivity contribution >= 4 is 7.82 Å². The number of nitrogens with zero attached hydrogens (tertiary/aromatic N) is 1. The summed E-state index contributed by atoms with van der Waals surface area (Å²) in [6, 6.07) is 0. The first-order valence-corrected chi connectivity index (χ1v) is 7.36. The van der Waals surface area contributed by atoms with Crippen LogP contribution in [0.15, 0.2) is 15.8 Å². The Morgan fingerprint density at radius 2 is 1.96 bits per heavy atom. The second-order valence-corrected chi connectivity index (χ2v) is 5.72. The molecule has 1 saturated heterocycles. The molecule has 11 nitrogen and oxygen atoms in total. The predicted octanol–water partition coefficient (Wildman–Crippen LogP) is -5.59. The molecule has 0 spiro atoms. The minimum absolute atomic E-state index is 0. The number of aromatic amines is 1. The fraction of sp³-hybridized carbons (Fsp3) is 0.556. The van der Waals surface area contributed by atoms with Gasteiger partial charge in [0.05, 0.1) is 12.8 Å². The van der Waals surface area contributed by atoms with Crippen molar-refractivity contribution in [1.82, 2.24) is 9.55 Å². The van der Waals surface area contributed by atoms with Crippen LogP contribution in [0.3, 0.4) is 0 Å². The Morgan fingerprint density at radius 1 is 1.35 bits per heavy atom. The maximum Gasteiger partial charge on any atom is 1.00 e. The average Bonchev–Trinajstić information content (AvgIpc) is 2.68. The van der Waals surface area contributed by atoms with Crippen LogP contribution in [-0.2, 0) is 13.8 Å². The van der Waals surface area contributed by atoms with Crippen LogP contribution in [0.5, 0.6) is 0 Å². The van der Waals surface area contributed by atoms with E-state index in [-0.39, 0.29) is 18.9 Å². The van der Waals surface area contributed by atoms with E-state index in [0.29, 0.717) is 10.8 Å². The van der Waals surface area contributed by atoms with E-state index in [9.17, 15) is 28.8 Å². The Hall–Kier alpha value is -0.803. The number of ether oxygens (including phenoxy) is 1. The van der Waals surface area contributed by atoms with Crippen LogP contribution in [0.4, 0.5) is 4.39 Å². The van der Waals surface area contributed by atoms with Crippen LogP contribution in [0, 0.1) is 5.82 Å². The third kappa shape index (κ3) is 4.60. The second kappa shape index (κ2) is 7.39. The summed E-state index contributed by atoms with van der Waals surface area (Å²) >= 11 is 0. The first-order valence-electron chi connectivity index (χ1n) is 5.83. The van der Waals surface area contributed by atoms with Crippen molar-refractivity contribution in [3.05, 3.63) is 32.9 Å². The number of aliphatic hydroxyl groups excluding tert-OH is 2. The quantitative estimate of drug-likeness (QED) is 0.262. The molecule has 0 bridgehead atoms. The minimum atomic E-state index is -4.83. The fourth-order valence-corrected chi connectivity index (χ4v) is 2.26. The van der Waals surface area contributed by atoms with Crippen molar-refractivity contribution in [1.29, 1.82) is 0 Å². The maximum atomic E-state index is 13.2. The molecule has 2 rings (SSSR count). The molecule has 4 atom stereocenters. The van der Waals surface area contributed by atoms with Crippen LogP contribution < -0.4 is 30.1 Å². The summed E-state index contributed by atoms with van der Waals surface area (Å²) in [5.41, 5.74) is -2.37. The summed E-state index contributed by atoms with van der Waals surface area (Å²) in [5, 5.41) is 19.5. The Bertz CT molecular complexity index is 718. The summed E-state index contributed by atoms with van der Waals surface area (Å²) < 4.78 is 33.5. The van der Waals surface area contributed by atoms with Gasteiger partial charge in [-0.15, -0.1) is 0 Å². The molecule has 0 aliphatic carbocycles. The molecule has 0 radical (unpaired) electrons. The summed E-state index contributed by atoms with van der Waals surface area (Å²) in [5.74, 6) is -1.32. The standard InChI is InChI=1S/C9H12FN2O9P.Li/c10-3-1-12(9(16)11-7(3)15)8-6(14)5(13)4(21-8)2-20-22(17,18)19;/h1,4-6,8,13-14H,2H2,(H,11,15,16)(H2,17,18,19);/q;+1. The van der Waals surface area contributed by atoms with Crippen LogP contribution in [0.1, 0.15) is 6.23 Å². The number of nitrogens with one attached hydrogen (secondary N) is 1. The average molecular weight is 349 g/mol. The zero-order valence-corrected chi connectivity index (χ0v) is 12.6. The summed E-state index contributed by atoms with van der Waals surface area (Å²) in [6.45, 7) is -0.778. The van der Waals surface area contributed by atoms with E-state index in [1.807, 2.05) is 0 Å². The van der Waals surface area contributed by atoms with Gasteiger partial charge in [-0.25, -0.2) is 9.36 Å². The van der Waals surface area contributed by atoms with E-state index >= 15 is 0 Å². The van der Waals surface area contributed by atoms with Gasteiger partial charge < -0.3 is 24.7 Å². The minimum Gasteiger partial charge on any atom is -0.387 e. The fourth-order valence-electron chi connectivity index (χ4n) is 1.92. The summed E-state index contributed by atoms with van der Waals surface area (Å²) in [7, 11) is -4.83. The molecule has 1 aliphatic heterocycles. The summed E-state index contributed by atoms with van der Waals surface area (Å²) in [6.07, 6.45) is -5.84. The normalized spacial score (nSPS) is 27.7. The van der Waals surface area contributed by atoms with Crippen molar-refractivity contribution in [2.75, 3.05) is 6.61 Å². The molecule has 4 unspecified atom stereocenters. The van der Waals surface area contributed by atoms with Crippen LogP contribution >= 0.6 is 7.82 Å². The number of phosphoric ester groups is 1. The Labute approximate surface area is 139 Å². The molecule has 23 heavy (non-hydrogen) atoms. The smallest absolute Gasteiger partial charge is 0.387 e. The van der Waals surface area contributed by atoms with E-state index in [1.54, 1.807) is 4.98 Å². The van der Waals surface area contributed by atoms with Crippen molar-refractivity contribution in [2.24, 2.45) is 0 Å².